The number of hydrogen-bond acceptors (Lipinski definition) is 15. The van der Waals surface area contributed by atoms with Crippen LogP contribution in [-0.4, -0.2) is 111 Å². The Morgan fingerprint density at radius 2 is 0.509 bits per heavy atom. The topological polar surface area (TPSA) is 137 Å². The molecule has 17 heteroatoms. The lowest BCUT2D eigenvalue weighted by molar-refractivity contribution is 0.0236. The largest absolute Gasteiger partial charge is 0.439 e. The Bertz CT molecular complexity index is 4260. The van der Waals surface area contributed by atoms with E-state index >= 15 is 0 Å². The molecule has 15 nitrogen and oxygen atoms in total. The first-order valence-corrected chi connectivity index (χ1v) is 41.1. The first-order chi connectivity index (χ1) is 53.2. The van der Waals surface area contributed by atoms with Crippen molar-refractivity contribution >= 4 is 75.2 Å². The maximum atomic E-state index is 13.4. The highest BCUT2D eigenvalue weighted by molar-refractivity contribution is 6.33. The Balaban J connectivity index is 0.000000177. The van der Waals surface area contributed by atoms with E-state index in [1.165, 1.54) is 74.1 Å². The number of halogens is 2. The predicted octanol–water partition coefficient (Wildman–Crippen LogP) is 21.4. The minimum absolute atomic E-state index is 0.273. The summed E-state index contributed by atoms with van der Waals surface area (Å²) in [5, 5.41) is 0.996. The van der Waals surface area contributed by atoms with Gasteiger partial charge in [0, 0.05) is 181 Å². The number of anilines is 6. The number of carbonyl (C=O) groups is 3. The second-order valence-corrected chi connectivity index (χ2v) is 29.6. The summed E-state index contributed by atoms with van der Waals surface area (Å²) in [4.78, 5) is 66.7. The Labute approximate surface area is 665 Å². The Morgan fingerprint density at radius 1 is 0.291 bits per heavy atom. The summed E-state index contributed by atoms with van der Waals surface area (Å²) in [6, 6.07) is 49.5. The second kappa shape index (κ2) is 37.5. The number of esters is 3. The molecule has 0 fully saturated rings. The van der Waals surface area contributed by atoms with Gasteiger partial charge in [0.25, 0.3) is 0 Å². The van der Waals surface area contributed by atoms with Crippen molar-refractivity contribution in [3.05, 3.63) is 264 Å². The van der Waals surface area contributed by atoms with Gasteiger partial charge in [-0.3, -0.25) is 0 Å². The fourth-order valence-electron chi connectivity index (χ4n) is 16.3. The fourth-order valence-corrected chi connectivity index (χ4v) is 17.0. The van der Waals surface area contributed by atoms with Crippen molar-refractivity contribution in [3.63, 3.8) is 0 Å². The molecule has 9 aromatic rings. The number of aryl methyl sites for hydroxylation is 4. The minimum Gasteiger partial charge on any atom is -0.439 e. The highest BCUT2D eigenvalue weighted by atomic mass is 35.5. The van der Waals surface area contributed by atoms with Crippen molar-refractivity contribution in [2.75, 3.05) is 108 Å². The van der Waals surface area contributed by atoms with Crippen molar-refractivity contribution in [2.24, 2.45) is 0 Å². The van der Waals surface area contributed by atoms with Crippen LogP contribution in [0.4, 0.5) is 34.1 Å². The lowest BCUT2D eigenvalue weighted by Crippen LogP contribution is -2.32. The molecule has 3 aromatic heterocycles. The standard InChI is InChI=1S/C37H51N3O2.C29H35N3O2.C27H29Cl2N3O2/c1-7-11-22-39(23-12-8-2)30-17-19-32(28(5)26-30)37(34-16-15-21-38-35(34)36(41)42-37)33-20-18-31(27-29(33)6)40(24-13-9-3)25-14-10-4;1-7-31(8-2)22-13-15-24(20(5)18-22)29(26-12-11-17-30-27(26)28(33)34-29)25-16-14-23(19-21(25)6)32(9-3)10-4;1-5-31(6-2)18-11-13-20(23(28)16-18)27(22-10-9-15-30-25(22)26(33)34-27)21-14-12-19(17-24(21)29)32(7-3)8-4/h15-21,26-27H,7-14,22-25H2,1-6H3;11-19H,7-10H2,1-6H3;9-17H,5-8H2,1-4H3. The van der Waals surface area contributed by atoms with Crippen LogP contribution in [0, 0.1) is 27.7 Å². The number of unbranched alkanes of at least 4 members (excludes halogenated alkanes) is 4. The van der Waals surface area contributed by atoms with Crippen molar-refractivity contribution in [2.45, 2.75) is 179 Å². The zero-order valence-electron chi connectivity index (χ0n) is 68.0. The van der Waals surface area contributed by atoms with Gasteiger partial charge in [-0.15, -0.1) is 0 Å². The van der Waals surface area contributed by atoms with E-state index in [0.29, 0.717) is 38.1 Å². The van der Waals surface area contributed by atoms with Gasteiger partial charge >= 0.3 is 17.9 Å². The molecule has 110 heavy (non-hydrogen) atoms. The van der Waals surface area contributed by atoms with Crippen LogP contribution < -0.4 is 29.4 Å². The summed E-state index contributed by atoms with van der Waals surface area (Å²) in [5.74, 6) is -1.24. The first-order valence-electron chi connectivity index (χ1n) is 40.3. The Hall–Kier alpha value is -9.44. The van der Waals surface area contributed by atoms with Gasteiger partial charge in [0.15, 0.2) is 33.9 Å². The molecule has 0 N–H and O–H groups in total. The van der Waals surface area contributed by atoms with Crippen LogP contribution in [0.3, 0.4) is 0 Å². The number of cyclic esters (lactones) is 3. The van der Waals surface area contributed by atoms with Gasteiger partial charge in [0.05, 0.1) is 10.0 Å². The summed E-state index contributed by atoms with van der Waals surface area (Å²) >= 11 is 13.8. The van der Waals surface area contributed by atoms with Crippen LogP contribution in [0.25, 0.3) is 0 Å². The number of aromatic nitrogens is 3. The Morgan fingerprint density at radius 3 is 0.727 bits per heavy atom. The Kier molecular flexibility index (Phi) is 28.3. The van der Waals surface area contributed by atoms with E-state index < -0.39 is 22.8 Å². The summed E-state index contributed by atoms with van der Waals surface area (Å²) in [7, 11) is 0. The van der Waals surface area contributed by atoms with E-state index in [1.807, 2.05) is 66.7 Å². The van der Waals surface area contributed by atoms with E-state index in [4.69, 9.17) is 37.4 Å². The third-order valence-electron chi connectivity index (χ3n) is 22.3. The number of hydrogen-bond donors (Lipinski definition) is 0. The van der Waals surface area contributed by atoms with E-state index in [9.17, 15) is 14.4 Å². The van der Waals surface area contributed by atoms with E-state index in [-0.39, 0.29) is 17.6 Å². The zero-order valence-corrected chi connectivity index (χ0v) is 69.5. The van der Waals surface area contributed by atoms with Crippen LogP contribution in [0.5, 0.6) is 0 Å². The lowest BCUT2D eigenvalue weighted by Gasteiger charge is -2.34. The molecule has 0 unspecified atom stereocenters. The van der Waals surface area contributed by atoms with Crippen molar-refractivity contribution in [3.8, 4) is 0 Å². The minimum atomic E-state index is -1.29. The van der Waals surface area contributed by atoms with Crippen molar-refractivity contribution in [1.82, 2.24) is 15.0 Å². The molecule has 0 aliphatic carbocycles. The molecule has 12 rings (SSSR count). The van der Waals surface area contributed by atoms with E-state index in [0.717, 1.165) is 146 Å². The van der Waals surface area contributed by atoms with Gasteiger partial charge in [-0.05, 0) is 222 Å². The molecular formula is C93H115Cl2N9O6. The average molecular weight is 1530 g/mol. The number of carbonyl (C=O) groups excluding carboxylic acids is 3. The molecule has 0 spiro atoms. The first kappa shape index (κ1) is 83.0. The maximum absolute atomic E-state index is 13.4. The zero-order chi connectivity index (χ0) is 79.0. The highest BCUT2D eigenvalue weighted by Crippen LogP contribution is 2.54. The van der Waals surface area contributed by atoms with E-state index in [2.05, 4.69) is 228 Å². The number of fused-ring (bicyclic) bond motifs is 3. The third-order valence-corrected chi connectivity index (χ3v) is 22.9. The van der Waals surface area contributed by atoms with E-state index in [1.54, 1.807) is 24.7 Å². The molecule has 0 radical (unpaired) electrons. The van der Waals surface area contributed by atoms with Crippen LogP contribution in [0.2, 0.25) is 10.0 Å². The predicted molar refractivity (Wildman–Crippen MR) is 455 cm³/mol. The SMILES string of the molecule is CCCCN(CCCC)c1ccc(C2(c3ccc(N(CCCC)CCCC)cc3C)OC(=O)c3ncccc32)c(C)c1.CCN(CC)c1ccc(C2(c3ccc(N(CC)CC)cc3C)OC(=O)c3ncccc32)c(C)c1.CCN(CC)c1ccc(C2(c3ccc(N(CC)CC)cc3Cl)OC(=O)c3ncccc32)c(Cl)c1. The summed E-state index contributed by atoms with van der Waals surface area (Å²) in [6.07, 6.45) is 14.3. The molecule has 6 heterocycles. The smallest absolute Gasteiger partial charge is 0.358 e. The van der Waals surface area contributed by atoms with Crippen LogP contribution in [-0.2, 0) is 31.0 Å². The number of benzene rings is 6. The fraction of sp³-hybridized carbons (Fsp3) is 0.419. The molecule has 0 bridgehead atoms. The number of nitrogens with zero attached hydrogens (tertiary/aromatic N) is 9. The van der Waals surface area contributed by atoms with Gasteiger partial charge in [0.2, 0.25) is 0 Å². The summed E-state index contributed by atoms with van der Waals surface area (Å²) < 4.78 is 19.0. The molecule has 0 saturated carbocycles. The third kappa shape index (κ3) is 16.5. The molecule has 0 atom stereocenters. The highest BCUT2D eigenvalue weighted by Gasteiger charge is 2.54. The lowest BCUT2D eigenvalue weighted by atomic mass is 9.77. The van der Waals surface area contributed by atoms with Crippen LogP contribution in [0.1, 0.15) is 238 Å². The number of rotatable bonds is 32. The number of ether oxygens (including phenoxy) is 3. The second-order valence-electron chi connectivity index (χ2n) is 28.8. The molecular weight excluding hydrogens is 1410 g/mol. The molecule has 3 aliphatic rings. The molecule has 3 aliphatic heterocycles. The van der Waals surface area contributed by atoms with Crippen LogP contribution in [0.15, 0.2) is 164 Å². The van der Waals surface area contributed by atoms with Gasteiger partial charge in [-0.2, -0.15) is 0 Å². The molecule has 0 amide bonds. The van der Waals surface area contributed by atoms with Gasteiger partial charge in [-0.1, -0.05) is 131 Å². The van der Waals surface area contributed by atoms with Crippen LogP contribution >= 0.6 is 23.2 Å². The van der Waals surface area contributed by atoms with Gasteiger partial charge in [-0.25, -0.2) is 29.3 Å². The molecule has 582 valence electrons. The van der Waals surface area contributed by atoms with Gasteiger partial charge in [0.1, 0.15) is 0 Å². The summed E-state index contributed by atoms with van der Waals surface area (Å²) in [6.45, 7) is 46.0. The van der Waals surface area contributed by atoms with Crippen molar-refractivity contribution in [1.29, 1.82) is 0 Å². The monoisotopic (exact) mass is 1520 g/mol. The summed E-state index contributed by atoms with van der Waals surface area (Å²) in [5.41, 5.74) is 16.5. The molecule has 0 saturated heterocycles. The quantitative estimate of drug-likeness (QED) is 0.0292. The number of pyridine rings is 3. The maximum Gasteiger partial charge on any atom is 0.358 e. The van der Waals surface area contributed by atoms with Crippen molar-refractivity contribution < 1.29 is 28.6 Å². The van der Waals surface area contributed by atoms with Gasteiger partial charge < -0.3 is 43.6 Å². The normalized spacial score (nSPS) is 13.9. The average Bonchev–Trinajstić information content (AvgIpc) is 1.54. The molecule has 6 aromatic carbocycles.